The number of nitrogens with zero attached hydrogens (tertiary/aromatic N) is 3. The maximum atomic E-state index is 12.5. The van der Waals surface area contributed by atoms with Crippen LogP contribution in [0.25, 0.3) is 10.9 Å². The molecule has 0 atom stereocenters. The van der Waals surface area contributed by atoms with Crippen molar-refractivity contribution >= 4 is 28.3 Å². The van der Waals surface area contributed by atoms with Crippen molar-refractivity contribution in [1.29, 1.82) is 0 Å². The first kappa shape index (κ1) is 19.1. The van der Waals surface area contributed by atoms with E-state index < -0.39 is 0 Å². The van der Waals surface area contributed by atoms with Gasteiger partial charge in [-0.1, -0.05) is 6.07 Å². The fourth-order valence-corrected chi connectivity index (χ4v) is 3.89. The number of benzene rings is 2. The number of nitrogens with one attached hydrogen (secondary N) is 1. The summed E-state index contributed by atoms with van der Waals surface area (Å²) in [4.78, 5) is 23.7. The summed E-state index contributed by atoms with van der Waals surface area (Å²) in [6.45, 7) is 1.32. The van der Waals surface area contributed by atoms with Gasteiger partial charge in [0.2, 0.25) is 0 Å². The zero-order valence-corrected chi connectivity index (χ0v) is 17.2. The van der Waals surface area contributed by atoms with Crippen molar-refractivity contribution in [3.8, 4) is 5.75 Å². The molecule has 0 aliphatic carbocycles. The Morgan fingerprint density at radius 2 is 2.00 bits per heavy atom. The number of hydrogen-bond acceptors (Lipinski definition) is 5. The summed E-state index contributed by atoms with van der Waals surface area (Å²) in [5, 5.41) is 4.05. The highest BCUT2D eigenvalue weighted by Gasteiger charge is 2.23. The molecule has 0 saturated heterocycles. The number of fused-ring (bicyclic) bond motifs is 2. The number of pyridine rings is 2. The van der Waals surface area contributed by atoms with Gasteiger partial charge in [-0.25, -0.2) is 4.98 Å². The van der Waals surface area contributed by atoms with Gasteiger partial charge >= 0.3 is 0 Å². The van der Waals surface area contributed by atoms with Crippen LogP contribution in [0, 0.1) is 0 Å². The van der Waals surface area contributed by atoms with Crippen LogP contribution in [0.15, 0.2) is 73.1 Å². The van der Waals surface area contributed by atoms with E-state index in [0.29, 0.717) is 12.1 Å². The summed E-state index contributed by atoms with van der Waals surface area (Å²) in [6, 6.07) is 19.6. The van der Waals surface area contributed by atoms with E-state index in [-0.39, 0.29) is 5.91 Å². The molecule has 0 bridgehead atoms. The smallest absolute Gasteiger partial charge is 0.251 e. The number of rotatable bonds is 5. The van der Waals surface area contributed by atoms with Gasteiger partial charge in [-0.05, 0) is 66.1 Å². The van der Waals surface area contributed by atoms with Crippen molar-refractivity contribution in [2.45, 2.75) is 13.0 Å². The number of amides is 1. The first-order valence-electron chi connectivity index (χ1n) is 10.2. The molecule has 0 saturated carbocycles. The molecule has 4 aromatic rings. The molecule has 1 amide bonds. The van der Waals surface area contributed by atoms with Crippen LogP contribution in [0.1, 0.15) is 21.5 Å². The summed E-state index contributed by atoms with van der Waals surface area (Å²) in [7, 11) is 1.66. The van der Waals surface area contributed by atoms with Gasteiger partial charge in [0, 0.05) is 48.2 Å². The molecule has 0 spiro atoms. The Morgan fingerprint density at radius 3 is 2.77 bits per heavy atom. The van der Waals surface area contributed by atoms with E-state index in [4.69, 9.17) is 9.72 Å². The molecule has 6 heteroatoms. The van der Waals surface area contributed by atoms with Crippen molar-refractivity contribution in [1.82, 2.24) is 15.3 Å². The lowest BCUT2D eigenvalue weighted by Crippen LogP contribution is -2.23. The maximum absolute atomic E-state index is 12.5. The predicted octanol–water partition coefficient (Wildman–Crippen LogP) is 4.26. The molecule has 1 N–H and O–H groups in total. The van der Waals surface area contributed by atoms with E-state index in [1.54, 1.807) is 19.5 Å². The molecule has 0 unspecified atom stereocenters. The minimum absolute atomic E-state index is 0.103. The fraction of sp³-hybridized carbons (Fsp3) is 0.160. The minimum Gasteiger partial charge on any atom is -0.497 e. The highest BCUT2D eigenvalue weighted by molar-refractivity contribution is 5.94. The Bertz CT molecular complexity index is 1240. The van der Waals surface area contributed by atoms with E-state index in [0.717, 1.165) is 46.7 Å². The average Bonchev–Trinajstić information content (AvgIpc) is 3.24. The van der Waals surface area contributed by atoms with Crippen LogP contribution in [0.2, 0.25) is 0 Å². The topological polar surface area (TPSA) is 67.3 Å². The lowest BCUT2D eigenvalue weighted by Gasteiger charge is -2.19. The quantitative estimate of drug-likeness (QED) is 0.532. The number of ether oxygens (including phenoxy) is 1. The van der Waals surface area contributed by atoms with Gasteiger partial charge < -0.3 is 15.0 Å². The Labute approximate surface area is 180 Å². The van der Waals surface area contributed by atoms with E-state index in [1.807, 2.05) is 54.6 Å². The van der Waals surface area contributed by atoms with Crippen LogP contribution in [0.4, 0.5) is 11.5 Å². The highest BCUT2D eigenvalue weighted by Crippen LogP contribution is 2.35. The standard InChI is InChI=1S/C25H22N4O2/c1-31-22-9-6-19-13-20-10-12-29(24(20)28-23(19)14-22)21-7-4-18(5-8-21)25(30)27-16-17-3-2-11-26-15-17/h2-9,11,13-15H,10,12,16H2,1H3,(H,27,30). The Kier molecular flexibility index (Phi) is 4.96. The maximum Gasteiger partial charge on any atom is 0.251 e. The molecule has 6 nitrogen and oxygen atoms in total. The van der Waals surface area contributed by atoms with E-state index in [9.17, 15) is 4.79 Å². The summed E-state index contributed by atoms with van der Waals surface area (Å²) >= 11 is 0. The van der Waals surface area contributed by atoms with Crippen LogP contribution in [-0.2, 0) is 13.0 Å². The van der Waals surface area contributed by atoms with E-state index in [2.05, 4.69) is 21.3 Å². The molecule has 3 heterocycles. The van der Waals surface area contributed by atoms with E-state index >= 15 is 0 Å². The van der Waals surface area contributed by atoms with Gasteiger partial charge in [0.05, 0.1) is 12.6 Å². The molecule has 154 valence electrons. The third-order valence-electron chi connectivity index (χ3n) is 5.56. The molecule has 0 fully saturated rings. The monoisotopic (exact) mass is 410 g/mol. The third-order valence-corrected chi connectivity index (χ3v) is 5.56. The lowest BCUT2D eigenvalue weighted by molar-refractivity contribution is 0.0951. The van der Waals surface area contributed by atoms with E-state index in [1.165, 1.54) is 5.56 Å². The molecule has 1 aliphatic rings. The summed E-state index contributed by atoms with van der Waals surface area (Å²) in [6.07, 6.45) is 4.41. The third kappa shape index (κ3) is 3.80. The lowest BCUT2D eigenvalue weighted by atomic mass is 10.1. The van der Waals surface area contributed by atoms with Crippen molar-refractivity contribution in [3.63, 3.8) is 0 Å². The SMILES string of the molecule is COc1ccc2cc3c(nc2c1)N(c1ccc(C(=O)NCc2cccnc2)cc1)CC3. The fourth-order valence-electron chi connectivity index (χ4n) is 3.89. The molecule has 2 aromatic carbocycles. The van der Waals surface area contributed by atoms with Crippen molar-refractivity contribution in [3.05, 3.63) is 89.7 Å². The molecular weight excluding hydrogens is 388 g/mol. The van der Waals surface area contributed by atoms with Crippen molar-refractivity contribution in [2.75, 3.05) is 18.6 Å². The number of carbonyl (C=O) groups excluding carboxylic acids is 1. The summed E-state index contributed by atoms with van der Waals surface area (Å²) < 4.78 is 5.34. The van der Waals surface area contributed by atoms with Crippen LogP contribution in [-0.4, -0.2) is 29.5 Å². The first-order valence-corrected chi connectivity index (χ1v) is 10.2. The van der Waals surface area contributed by atoms with Crippen LogP contribution in [0.3, 0.4) is 0 Å². The molecule has 0 radical (unpaired) electrons. The van der Waals surface area contributed by atoms with Gasteiger partial charge in [-0.2, -0.15) is 0 Å². The second kappa shape index (κ2) is 8.07. The molecular formula is C25H22N4O2. The van der Waals surface area contributed by atoms with Crippen LogP contribution in [0.5, 0.6) is 5.75 Å². The second-order valence-electron chi connectivity index (χ2n) is 7.52. The largest absolute Gasteiger partial charge is 0.497 e. The molecule has 5 rings (SSSR count). The Hall–Kier alpha value is -3.93. The number of methoxy groups -OCH3 is 1. The van der Waals surface area contributed by atoms with Gasteiger partial charge in [0.15, 0.2) is 0 Å². The second-order valence-corrected chi connectivity index (χ2v) is 7.52. The zero-order chi connectivity index (χ0) is 21.2. The minimum atomic E-state index is -0.103. The van der Waals surface area contributed by atoms with Crippen molar-refractivity contribution < 1.29 is 9.53 Å². The predicted molar refractivity (Wildman–Crippen MR) is 121 cm³/mol. The first-order chi connectivity index (χ1) is 15.2. The molecule has 1 aliphatic heterocycles. The van der Waals surface area contributed by atoms with Crippen LogP contribution < -0.4 is 15.0 Å². The van der Waals surface area contributed by atoms with Crippen molar-refractivity contribution in [2.24, 2.45) is 0 Å². The average molecular weight is 410 g/mol. The van der Waals surface area contributed by atoms with Crippen LogP contribution >= 0.6 is 0 Å². The normalized spacial score (nSPS) is 12.6. The number of aromatic nitrogens is 2. The Balaban J connectivity index is 1.35. The number of carbonyl (C=O) groups is 1. The number of hydrogen-bond donors (Lipinski definition) is 1. The Morgan fingerprint density at radius 1 is 1.13 bits per heavy atom. The molecule has 31 heavy (non-hydrogen) atoms. The number of anilines is 2. The summed E-state index contributed by atoms with van der Waals surface area (Å²) in [5.41, 5.74) is 4.77. The van der Waals surface area contributed by atoms with Gasteiger partial charge in [0.25, 0.3) is 5.91 Å². The highest BCUT2D eigenvalue weighted by atomic mass is 16.5. The summed E-state index contributed by atoms with van der Waals surface area (Å²) in [5.74, 6) is 1.66. The van der Waals surface area contributed by atoms with Gasteiger partial charge in [-0.15, -0.1) is 0 Å². The van der Waals surface area contributed by atoms with Gasteiger partial charge in [-0.3, -0.25) is 9.78 Å². The van der Waals surface area contributed by atoms with Gasteiger partial charge in [0.1, 0.15) is 11.6 Å². The zero-order valence-electron chi connectivity index (χ0n) is 17.2. The molecule has 2 aromatic heterocycles.